The molecule has 9 heteroatoms. The van der Waals surface area contributed by atoms with E-state index >= 15 is 0 Å². The number of hydrogen-bond acceptors (Lipinski definition) is 4. The lowest BCUT2D eigenvalue weighted by molar-refractivity contribution is -0.121. The second-order valence-corrected chi connectivity index (χ2v) is 6.39. The molecule has 136 valence electrons. The normalized spacial score (nSPS) is 9.96. The minimum Gasteiger partial charge on any atom is -0.482 e. The van der Waals surface area contributed by atoms with E-state index < -0.39 is 5.91 Å². The maximum Gasteiger partial charge on any atom is 0.269 e. The van der Waals surface area contributed by atoms with Gasteiger partial charge in [-0.1, -0.05) is 41.4 Å². The third-order valence-corrected chi connectivity index (χ3v) is 3.92. The summed E-state index contributed by atoms with van der Waals surface area (Å²) in [5.41, 5.74) is 6.18. The van der Waals surface area contributed by atoms with E-state index in [9.17, 15) is 9.59 Å². The Bertz CT molecular complexity index is 846. The van der Waals surface area contributed by atoms with E-state index in [-0.39, 0.29) is 22.6 Å². The summed E-state index contributed by atoms with van der Waals surface area (Å²) in [7, 11) is 0. The van der Waals surface area contributed by atoms with Gasteiger partial charge in [0, 0.05) is 10.6 Å². The van der Waals surface area contributed by atoms with Gasteiger partial charge in [0.15, 0.2) is 11.7 Å². The lowest BCUT2D eigenvalue weighted by Gasteiger charge is -2.12. The van der Waals surface area contributed by atoms with Crippen LogP contribution in [0.1, 0.15) is 15.9 Å². The van der Waals surface area contributed by atoms with E-state index in [2.05, 4.69) is 16.2 Å². The number of carbonyl (C=O) groups is 2. The van der Waals surface area contributed by atoms with Crippen LogP contribution in [0.2, 0.25) is 10.0 Å². The molecule has 0 unspecified atom stereocenters. The minimum absolute atomic E-state index is 0.0669. The van der Waals surface area contributed by atoms with Crippen LogP contribution in [0, 0.1) is 6.92 Å². The first-order valence-electron chi connectivity index (χ1n) is 7.40. The minimum atomic E-state index is -0.515. The lowest BCUT2D eigenvalue weighted by Crippen LogP contribution is -2.49. The zero-order valence-corrected chi connectivity index (χ0v) is 16.0. The van der Waals surface area contributed by atoms with E-state index in [1.165, 1.54) is 6.07 Å². The number of ether oxygens (including phenoxy) is 1. The highest BCUT2D eigenvalue weighted by Gasteiger charge is 2.11. The van der Waals surface area contributed by atoms with Crippen molar-refractivity contribution in [2.24, 2.45) is 0 Å². The second kappa shape index (κ2) is 9.38. The molecule has 0 spiro atoms. The van der Waals surface area contributed by atoms with E-state index in [4.69, 9.17) is 40.2 Å². The number of hydrazine groups is 1. The predicted octanol–water partition coefficient (Wildman–Crippen LogP) is 3.02. The summed E-state index contributed by atoms with van der Waals surface area (Å²) < 4.78 is 5.29. The molecule has 2 aromatic rings. The summed E-state index contributed by atoms with van der Waals surface area (Å²) in [6, 6.07) is 11.7. The van der Waals surface area contributed by atoms with E-state index in [0.29, 0.717) is 16.3 Å². The highest BCUT2D eigenvalue weighted by molar-refractivity contribution is 7.80. The van der Waals surface area contributed by atoms with Gasteiger partial charge >= 0.3 is 0 Å². The molecule has 0 heterocycles. The van der Waals surface area contributed by atoms with Crippen LogP contribution < -0.4 is 20.9 Å². The van der Waals surface area contributed by atoms with E-state index in [1.54, 1.807) is 24.3 Å². The maximum atomic E-state index is 12.0. The molecule has 6 nitrogen and oxygen atoms in total. The number of benzene rings is 2. The first kappa shape index (κ1) is 20.0. The SMILES string of the molecule is Cc1ccccc1C(=O)NNC(=S)NC(=O)COc1ccc(Cl)cc1Cl. The Morgan fingerprint density at radius 1 is 1.12 bits per heavy atom. The van der Waals surface area contributed by atoms with Gasteiger partial charge in [-0.15, -0.1) is 0 Å². The molecule has 0 saturated carbocycles. The standard InChI is InChI=1S/C17H15Cl2N3O3S/c1-10-4-2-3-5-12(10)16(24)21-22-17(26)20-15(23)9-25-14-7-6-11(18)8-13(14)19/h2-8H,9H2,1H3,(H,21,24)(H2,20,22,23,26). The number of carbonyl (C=O) groups excluding carboxylic acids is 2. The molecule has 3 N–H and O–H groups in total. The molecule has 0 bridgehead atoms. The Morgan fingerprint density at radius 3 is 2.54 bits per heavy atom. The van der Waals surface area contributed by atoms with Crippen molar-refractivity contribution in [3.8, 4) is 5.75 Å². The van der Waals surface area contributed by atoms with Gasteiger partial charge in [-0.2, -0.15) is 0 Å². The Kier molecular flexibility index (Phi) is 7.20. The Labute approximate surface area is 165 Å². The molecular weight excluding hydrogens is 397 g/mol. The van der Waals surface area contributed by atoms with Gasteiger partial charge < -0.3 is 4.74 Å². The Hall–Kier alpha value is -2.35. The fraction of sp³-hybridized carbons (Fsp3) is 0.118. The topological polar surface area (TPSA) is 79.5 Å². The smallest absolute Gasteiger partial charge is 0.269 e. The van der Waals surface area contributed by atoms with Crippen LogP contribution >= 0.6 is 35.4 Å². The van der Waals surface area contributed by atoms with Gasteiger partial charge in [0.1, 0.15) is 5.75 Å². The van der Waals surface area contributed by atoms with Gasteiger partial charge in [0.2, 0.25) is 0 Å². The van der Waals surface area contributed by atoms with Crippen molar-refractivity contribution in [3.05, 3.63) is 63.6 Å². The van der Waals surface area contributed by atoms with Crippen LogP contribution in [0.5, 0.6) is 5.75 Å². The van der Waals surface area contributed by atoms with Crippen LogP contribution in [0.4, 0.5) is 0 Å². The van der Waals surface area contributed by atoms with Gasteiger partial charge in [-0.25, -0.2) is 0 Å². The number of aryl methyl sites for hydroxylation is 1. The van der Waals surface area contributed by atoms with Crippen LogP contribution in [0.3, 0.4) is 0 Å². The first-order valence-corrected chi connectivity index (χ1v) is 8.57. The molecule has 2 amide bonds. The van der Waals surface area contributed by atoms with Gasteiger partial charge in [0.25, 0.3) is 11.8 Å². The predicted molar refractivity (Wildman–Crippen MR) is 104 cm³/mol. The number of hydrogen-bond donors (Lipinski definition) is 3. The molecule has 0 aliphatic rings. The van der Waals surface area contributed by atoms with Crippen LogP contribution in [0.15, 0.2) is 42.5 Å². The highest BCUT2D eigenvalue weighted by Crippen LogP contribution is 2.27. The van der Waals surface area contributed by atoms with Crippen molar-refractivity contribution in [1.29, 1.82) is 0 Å². The van der Waals surface area contributed by atoms with Crippen molar-refractivity contribution >= 4 is 52.3 Å². The molecule has 2 aromatic carbocycles. The monoisotopic (exact) mass is 411 g/mol. The van der Waals surface area contributed by atoms with Crippen LogP contribution in [0.25, 0.3) is 0 Å². The Balaban J connectivity index is 1.77. The molecule has 26 heavy (non-hydrogen) atoms. The summed E-state index contributed by atoms with van der Waals surface area (Å²) in [4.78, 5) is 23.9. The van der Waals surface area contributed by atoms with E-state index in [0.717, 1.165) is 5.56 Å². The molecule has 0 aliphatic heterocycles. The third-order valence-electron chi connectivity index (χ3n) is 3.18. The summed E-state index contributed by atoms with van der Waals surface area (Å²) in [6.07, 6.45) is 0. The van der Waals surface area contributed by atoms with Crippen molar-refractivity contribution in [3.63, 3.8) is 0 Å². The summed E-state index contributed by atoms with van der Waals surface area (Å²) >= 11 is 16.7. The zero-order valence-electron chi connectivity index (χ0n) is 13.6. The number of rotatable bonds is 4. The second-order valence-electron chi connectivity index (χ2n) is 5.13. The number of nitrogens with one attached hydrogen (secondary N) is 3. The van der Waals surface area contributed by atoms with Gasteiger partial charge in [0.05, 0.1) is 5.02 Å². The van der Waals surface area contributed by atoms with Crippen molar-refractivity contribution < 1.29 is 14.3 Å². The van der Waals surface area contributed by atoms with Crippen LogP contribution in [-0.4, -0.2) is 23.5 Å². The van der Waals surface area contributed by atoms with Crippen molar-refractivity contribution in [2.45, 2.75) is 6.92 Å². The lowest BCUT2D eigenvalue weighted by atomic mass is 10.1. The van der Waals surface area contributed by atoms with E-state index in [1.807, 2.05) is 19.1 Å². The van der Waals surface area contributed by atoms with Gasteiger partial charge in [-0.05, 0) is 49.0 Å². The number of thiocarbonyl (C=S) groups is 1. The third kappa shape index (κ3) is 5.87. The molecule has 0 aliphatic carbocycles. The molecular formula is C17H15Cl2N3O3S. The fourth-order valence-electron chi connectivity index (χ4n) is 1.94. The molecule has 0 aromatic heterocycles. The summed E-state index contributed by atoms with van der Waals surface area (Å²) in [5.74, 6) is -0.569. The summed E-state index contributed by atoms with van der Waals surface area (Å²) in [6.45, 7) is 1.50. The molecule has 2 rings (SSSR count). The van der Waals surface area contributed by atoms with Crippen LogP contribution in [-0.2, 0) is 4.79 Å². The first-order chi connectivity index (χ1) is 12.4. The van der Waals surface area contributed by atoms with Gasteiger partial charge in [-0.3, -0.25) is 25.8 Å². The quantitative estimate of drug-likeness (QED) is 0.532. The molecule has 0 radical (unpaired) electrons. The van der Waals surface area contributed by atoms with Crippen molar-refractivity contribution in [1.82, 2.24) is 16.2 Å². The largest absolute Gasteiger partial charge is 0.482 e. The number of halogens is 2. The highest BCUT2D eigenvalue weighted by atomic mass is 35.5. The molecule has 0 fully saturated rings. The van der Waals surface area contributed by atoms with Crippen molar-refractivity contribution in [2.75, 3.05) is 6.61 Å². The Morgan fingerprint density at radius 2 is 1.85 bits per heavy atom. The number of amides is 2. The average molecular weight is 412 g/mol. The molecule has 0 saturated heterocycles. The maximum absolute atomic E-state index is 12.0. The molecule has 0 atom stereocenters. The fourth-order valence-corrected chi connectivity index (χ4v) is 2.57. The average Bonchev–Trinajstić information content (AvgIpc) is 2.59. The summed E-state index contributed by atoms with van der Waals surface area (Å²) in [5, 5.41) is 3.06. The zero-order chi connectivity index (χ0) is 19.1.